The van der Waals surface area contributed by atoms with Gasteiger partial charge in [0.25, 0.3) is 5.91 Å². The van der Waals surface area contributed by atoms with Gasteiger partial charge in [0.05, 0.1) is 16.7 Å². The van der Waals surface area contributed by atoms with E-state index in [-0.39, 0.29) is 5.91 Å². The zero-order chi connectivity index (χ0) is 15.5. The van der Waals surface area contributed by atoms with Crippen LogP contribution in [0.1, 0.15) is 43.8 Å². The fourth-order valence-corrected chi connectivity index (χ4v) is 3.71. The SMILES string of the molecule is O=C1C(c2ccc(Cl)c(Cl)c2)OCCN1CC1CCCCC1. The van der Waals surface area contributed by atoms with E-state index in [1.54, 1.807) is 12.1 Å². The predicted molar refractivity (Wildman–Crippen MR) is 88.3 cm³/mol. The molecule has 120 valence electrons. The minimum Gasteiger partial charge on any atom is -0.362 e. The second-order valence-corrected chi connectivity index (χ2v) is 7.03. The van der Waals surface area contributed by atoms with E-state index in [1.165, 1.54) is 32.1 Å². The summed E-state index contributed by atoms with van der Waals surface area (Å²) in [6.45, 7) is 2.12. The molecule has 5 heteroatoms. The van der Waals surface area contributed by atoms with E-state index in [0.29, 0.717) is 29.1 Å². The van der Waals surface area contributed by atoms with Crippen LogP contribution in [0.15, 0.2) is 18.2 Å². The molecule has 2 aliphatic rings. The number of rotatable bonds is 3. The standard InChI is InChI=1S/C17H21Cl2NO2/c18-14-7-6-13(10-15(14)19)16-17(21)20(8-9-22-16)11-12-4-2-1-3-5-12/h6-7,10,12,16H,1-5,8-9,11H2. The zero-order valence-electron chi connectivity index (χ0n) is 12.6. The summed E-state index contributed by atoms with van der Waals surface area (Å²) in [7, 11) is 0. The van der Waals surface area contributed by atoms with Crippen LogP contribution in [-0.2, 0) is 9.53 Å². The Kier molecular flexibility index (Phi) is 5.27. The highest BCUT2D eigenvalue weighted by molar-refractivity contribution is 6.42. The Hall–Kier alpha value is -0.770. The molecule has 1 aromatic carbocycles. The molecule has 0 radical (unpaired) electrons. The molecule has 1 saturated carbocycles. The quantitative estimate of drug-likeness (QED) is 0.811. The maximum Gasteiger partial charge on any atom is 0.256 e. The third-order valence-corrected chi connectivity index (χ3v) is 5.37. The Morgan fingerprint density at radius 2 is 1.91 bits per heavy atom. The van der Waals surface area contributed by atoms with Crippen LogP contribution in [0.2, 0.25) is 10.0 Å². The van der Waals surface area contributed by atoms with Crippen molar-refractivity contribution in [1.82, 2.24) is 4.90 Å². The van der Waals surface area contributed by atoms with Gasteiger partial charge in [-0.1, -0.05) is 48.5 Å². The molecule has 1 aliphatic carbocycles. The molecule has 1 atom stereocenters. The summed E-state index contributed by atoms with van der Waals surface area (Å²) in [5, 5.41) is 0.952. The fourth-order valence-electron chi connectivity index (χ4n) is 3.40. The number of morpholine rings is 1. The summed E-state index contributed by atoms with van der Waals surface area (Å²) in [6.07, 6.45) is 5.84. The first-order chi connectivity index (χ1) is 10.6. The van der Waals surface area contributed by atoms with Gasteiger partial charge in [0.1, 0.15) is 0 Å². The first kappa shape index (κ1) is 16.1. The first-order valence-electron chi connectivity index (χ1n) is 8.00. The van der Waals surface area contributed by atoms with Gasteiger partial charge in [0.2, 0.25) is 0 Å². The molecule has 1 aliphatic heterocycles. The largest absolute Gasteiger partial charge is 0.362 e. The Morgan fingerprint density at radius 3 is 2.64 bits per heavy atom. The molecule has 0 bridgehead atoms. The number of nitrogens with zero attached hydrogens (tertiary/aromatic N) is 1. The lowest BCUT2D eigenvalue weighted by atomic mass is 9.88. The predicted octanol–water partition coefficient (Wildman–Crippen LogP) is 4.47. The molecule has 2 fully saturated rings. The number of halogens is 2. The molecule has 0 spiro atoms. The third kappa shape index (κ3) is 3.58. The summed E-state index contributed by atoms with van der Waals surface area (Å²) < 4.78 is 5.70. The normalized spacial score (nSPS) is 23.8. The summed E-state index contributed by atoms with van der Waals surface area (Å²) in [4.78, 5) is 14.7. The van der Waals surface area contributed by atoms with Gasteiger partial charge in [-0.15, -0.1) is 0 Å². The molecule has 3 nitrogen and oxygen atoms in total. The van der Waals surface area contributed by atoms with Gasteiger partial charge in [-0.05, 0) is 36.5 Å². The van der Waals surface area contributed by atoms with E-state index in [0.717, 1.165) is 12.1 Å². The summed E-state index contributed by atoms with van der Waals surface area (Å²) in [6, 6.07) is 5.27. The number of hydrogen-bond donors (Lipinski definition) is 0. The summed E-state index contributed by atoms with van der Waals surface area (Å²) in [5.74, 6) is 0.695. The third-order valence-electron chi connectivity index (χ3n) is 4.63. The molecule has 0 aromatic heterocycles. The minimum absolute atomic E-state index is 0.0511. The van der Waals surface area contributed by atoms with E-state index in [4.69, 9.17) is 27.9 Å². The monoisotopic (exact) mass is 341 g/mol. The molecule has 0 N–H and O–H groups in total. The molecule has 22 heavy (non-hydrogen) atoms. The molecule has 1 amide bonds. The van der Waals surface area contributed by atoms with Crippen LogP contribution in [0, 0.1) is 5.92 Å². The lowest BCUT2D eigenvalue weighted by Crippen LogP contribution is -2.45. The van der Waals surface area contributed by atoms with Crippen LogP contribution < -0.4 is 0 Å². The molecule has 1 saturated heterocycles. The van der Waals surface area contributed by atoms with E-state index in [1.807, 2.05) is 11.0 Å². The average Bonchev–Trinajstić information content (AvgIpc) is 2.53. The van der Waals surface area contributed by atoms with Crippen LogP contribution in [0.4, 0.5) is 0 Å². The summed E-state index contributed by atoms with van der Waals surface area (Å²) >= 11 is 12.0. The van der Waals surface area contributed by atoms with Crippen molar-refractivity contribution in [3.63, 3.8) is 0 Å². The molecule has 1 heterocycles. The smallest absolute Gasteiger partial charge is 0.256 e. The van der Waals surface area contributed by atoms with Gasteiger partial charge in [-0.25, -0.2) is 0 Å². The van der Waals surface area contributed by atoms with E-state index < -0.39 is 6.10 Å². The molecular formula is C17H21Cl2NO2. The molecular weight excluding hydrogens is 321 g/mol. The maximum atomic E-state index is 12.7. The van der Waals surface area contributed by atoms with Gasteiger partial charge in [-0.3, -0.25) is 4.79 Å². The topological polar surface area (TPSA) is 29.5 Å². The number of carbonyl (C=O) groups is 1. The number of benzene rings is 1. The summed E-state index contributed by atoms with van der Waals surface area (Å²) in [5.41, 5.74) is 0.785. The van der Waals surface area contributed by atoms with Crippen molar-refractivity contribution in [3.05, 3.63) is 33.8 Å². The Labute approximate surface area is 141 Å². The van der Waals surface area contributed by atoms with E-state index >= 15 is 0 Å². The second kappa shape index (κ2) is 7.20. The lowest BCUT2D eigenvalue weighted by Gasteiger charge is -2.36. The van der Waals surface area contributed by atoms with Crippen molar-refractivity contribution in [2.75, 3.05) is 19.7 Å². The van der Waals surface area contributed by atoms with E-state index in [2.05, 4.69) is 0 Å². The van der Waals surface area contributed by atoms with Gasteiger partial charge in [0.15, 0.2) is 6.10 Å². The van der Waals surface area contributed by atoms with Gasteiger partial charge < -0.3 is 9.64 Å². The average molecular weight is 342 g/mol. The van der Waals surface area contributed by atoms with Crippen molar-refractivity contribution >= 4 is 29.1 Å². The number of carbonyl (C=O) groups excluding carboxylic acids is 1. The van der Waals surface area contributed by atoms with Gasteiger partial charge >= 0.3 is 0 Å². The Bertz CT molecular complexity index is 543. The van der Waals surface area contributed by atoms with Gasteiger partial charge in [0, 0.05) is 13.1 Å². The Morgan fingerprint density at radius 1 is 1.14 bits per heavy atom. The minimum atomic E-state index is -0.549. The lowest BCUT2D eigenvalue weighted by molar-refractivity contribution is -0.154. The second-order valence-electron chi connectivity index (χ2n) is 6.21. The van der Waals surface area contributed by atoms with E-state index in [9.17, 15) is 4.79 Å². The highest BCUT2D eigenvalue weighted by Gasteiger charge is 2.32. The van der Waals surface area contributed by atoms with Crippen LogP contribution in [0.25, 0.3) is 0 Å². The van der Waals surface area contributed by atoms with Crippen molar-refractivity contribution in [2.45, 2.75) is 38.2 Å². The highest BCUT2D eigenvalue weighted by Crippen LogP contribution is 2.31. The van der Waals surface area contributed by atoms with Crippen molar-refractivity contribution in [3.8, 4) is 0 Å². The van der Waals surface area contributed by atoms with Crippen LogP contribution in [0.3, 0.4) is 0 Å². The molecule has 1 aromatic rings. The van der Waals surface area contributed by atoms with Crippen molar-refractivity contribution in [2.24, 2.45) is 5.92 Å². The number of ether oxygens (including phenoxy) is 1. The fraction of sp³-hybridized carbons (Fsp3) is 0.588. The van der Waals surface area contributed by atoms with Crippen LogP contribution >= 0.6 is 23.2 Å². The van der Waals surface area contributed by atoms with Gasteiger partial charge in [-0.2, -0.15) is 0 Å². The Balaban J connectivity index is 1.70. The van der Waals surface area contributed by atoms with Crippen molar-refractivity contribution < 1.29 is 9.53 Å². The zero-order valence-corrected chi connectivity index (χ0v) is 14.1. The van der Waals surface area contributed by atoms with Crippen molar-refractivity contribution in [1.29, 1.82) is 0 Å². The van der Waals surface area contributed by atoms with Crippen LogP contribution in [-0.4, -0.2) is 30.5 Å². The molecule has 1 unspecified atom stereocenters. The van der Waals surface area contributed by atoms with Crippen LogP contribution in [0.5, 0.6) is 0 Å². The maximum absolute atomic E-state index is 12.7. The highest BCUT2D eigenvalue weighted by atomic mass is 35.5. The molecule has 3 rings (SSSR count). The number of amides is 1. The first-order valence-corrected chi connectivity index (χ1v) is 8.76. The number of hydrogen-bond acceptors (Lipinski definition) is 2.